The van der Waals surface area contributed by atoms with Crippen LogP contribution in [0.1, 0.15) is 49.8 Å². The van der Waals surface area contributed by atoms with E-state index in [1.807, 2.05) is 0 Å². The second kappa shape index (κ2) is 5.75. The van der Waals surface area contributed by atoms with Gasteiger partial charge in [-0.25, -0.2) is 0 Å². The molecule has 0 radical (unpaired) electrons. The molecule has 0 bridgehead atoms. The molecular weight excluding hydrogens is 192 g/mol. The molecule has 0 fully saturated rings. The van der Waals surface area contributed by atoms with Gasteiger partial charge in [-0.1, -0.05) is 50.5 Å². The molecule has 0 heteroatoms. The minimum Gasteiger partial charge on any atom is -0.103 e. The second-order valence-corrected chi connectivity index (χ2v) is 4.61. The molecule has 0 N–H and O–H groups in total. The molecule has 2 atom stereocenters. The van der Waals surface area contributed by atoms with E-state index in [0.717, 1.165) is 6.42 Å². The highest BCUT2D eigenvalue weighted by Crippen LogP contribution is 2.26. The lowest BCUT2D eigenvalue weighted by Crippen LogP contribution is -2.06. The SMILES string of the molecule is CCC#CC(C)C(C)c1ccc(C)cc1C. The van der Waals surface area contributed by atoms with E-state index in [1.54, 1.807) is 0 Å². The molecule has 0 saturated heterocycles. The Balaban J connectivity index is 2.91. The lowest BCUT2D eigenvalue weighted by Gasteiger charge is -2.18. The molecule has 16 heavy (non-hydrogen) atoms. The van der Waals surface area contributed by atoms with Crippen LogP contribution in [0.5, 0.6) is 0 Å². The Morgan fingerprint density at radius 2 is 1.88 bits per heavy atom. The van der Waals surface area contributed by atoms with E-state index in [2.05, 4.69) is 64.7 Å². The minimum atomic E-state index is 0.432. The molecule has 0 spiro atoms. The molecule has 2 unspecified atom stereocenters. The Bertz CT molecular complexity index is 404. The first-order valence-corrected chi connectivity index (χ1v) is 6.11. The van der Waals surface area contributed by atoms with Crippen molar-refractivity contribution in [3.8, 4) is 11.8 Å². The zero-order valence-corrected chi connectivity index (χ0v) is 11.1. The highest BCUT2D eigenvalue weighted by molar-refractivity contribution is 5.34. The monoisotopic (exact) mass is 214 g/mol. The average Bonchev–Trinajstić information content (AvgIpc) is 2.25. The molecule has 0 heterocycles. The molecule has 0 saturated carbocycles. The first kappa shape index (κ1) is 12.8. The van der Waals surface area contributed by atoms with Crippen molar-refractivity contribution < 1.29 is 0 Å². The number of hydrogen-bond donors (Lipinski definition) is 0. The summed E-state index contributed by atoms with van der Waals surface area (Å²) in [6.45, 7) is 10.9. The summed E-state index contributed by atoms with van der Waals surface area (Å²) < 4.78 is 0. The maximum atomic E-state index is 3.32. The quantitative estimate of drug-likeness (QED) is 0.638. The summed E-state index contributed by atoms with van der Waals surface area (Å²) in [5.74, 6) is 7.45. The fourth-order valence-corrected chi connectivity index (χ4v) is 1.99. The first-order chi connectivity index (χ1) is 7.56. The van der Waals surface area contributed by atoms with Crippen LogP contribution in [0.2, 0.25) is 0 Å². The van der Waals surface area contributed by atoms with E-state index in [-0.39, 0.29) is 0 Å². The van der Waals surface area contributed by atoms with Crippen molar-refractivity contribution >= 4 is 0 Å². The molecule has 1 aromatic carbocycles. The Kier molecular flexibility index (Phi) is 4.62. The fourth-order valence-electron chi connectivity index (χ4n) is 1.99. The summed E-state index contributed by atoms with van der Waals surface area (Å²) in [5, 5.41) is 0. The van der Waals surface area contributed by atoms with Gasteiger partial charge in [0.2, 0.25) is 0 Å². The van der Waals surface area contributed by atoms with E-state index in [0.29, 0.717) is 11.8 Å². The molecule has 1 rings (SSSR count). The van der Waals surface area contributed by atoms with E-state index < -0.39 is 0 Å². The maximum Gasteiger partial charge on any atom is 0.0240 e. The van der Waals surface area contributed by atoms with Crippen molar-refractivity contribution in [1.82, 2.24) is 0 Å². The van der Waals surface area contributed by atoms with Crippen molar-refractivity contribution in [2.45, 2.75) is 47.0 Å². The molecule has 0 aromatic heterocycles. The molecular formula is C16H22. The van der Waals surface area contributed by atoms with Crippen LogP contribution in [0.25, 0.3) is 0 Å². The number of rotatable bonds is 2. The van der Waals surface area contributed by atoms with Gasteiger partial charge in [-0.3, -0.25) is 0 Å². The van der Waals surface area contributed by atoms with Gasteiger partial charge in [-0.2, -0.15) is 0 Å². The van der Waals surface area contributed by atoms with Crippen LogP contribution in [0.4, 0.5) is 0 Å². The molecule has 0 aliphatic carbocycles. The Morgan fingerprint density at radius 3 is 2.44 bits per heavy atom. The lowest BCUT2D eigenvalue weighted by atomic mass is 9.86. The van der Waals surface area contributed by atoms with Gasteiger partial charge in [0.05, 0.1) is 0 Å². The van der Waals surface area contributed by atoms with Crippen LogP contribution in [-0.2, 0) is 0 Å². The van der Waals surface area contributed by atoms with Gasteiger partial charge >= 0.3 is 0 Å². The van der Waals surface area contributed by atoms with Crippen molar-refractivity contribution in [3.63, 3.8) is 0 Å². The largest absolute Gasteiger partial charge is 0.103 e. The number of aryl methyl sites for hydroxylation is 2. The lowest BCUT2D eigenvalue weighted by molar-refractivity contribution is 0.606. The van der Waals surface area contributed by atoms with Crippen molar-refractivity contribution in [2.75, 3.05) is 0 Å². The van der Waals surface area contributed by atoms with E-state index in [9.17, 15) is 0 Å². The van der Waals surface area contributed by atoms with E-state index in [1.165, 1.54) is 16.7 Å². The van der Waals surface area contributed by atoms with Gasteiger partial charge in [0.15, 0.2) is 0 Å². The van der Waals surface area contributed by atoms with Crippen LogP contribution in [-0.4, -0.2) is 0 Å². The normalized spacial score (nSPS) is 13.8. The summed E-state index contributed by atoms with van der Waals surface area (Å²) in [6, 6.07) is 6.70. The predicted octanol–water partition coefficient (Wildman–Crippen LogP) is 4.46. The zero-order valence-electron chi connectivity index (χ0n) is 11.1. The molecule has 0 nitrogen and oxygen atoms in total. The molecule has 0 aliphatic heterocycles. The predicted molar refractivity (Wildman–Crippen MR) is 71.6 cm³/mol. The van der Waals surface area contributed by atoms with Gasteiger partial charge in [0.25, 0.3) is 0 Å². The van der Waals surface area contributed by atoms with Gasteiger partial charge < -0.3 is 0 Å². The Morgan fingerprint density at radius 1 is 1.19 bits per heavy atom. The van der Waals surface area contributed by atoms with Crippen LogP contribution >= 0.6 is 0 Å². The zero-order chi connectivity index (χ0) is 12.1. The first-order valence-electron chi connectivity index (χ1n) is 6.11. The summed E-state index contributed by atoms with van der Waals surface area (Å²) in [5.41, 5.74) is 4.15. The Hall–Kier alpha value is -1.22. The van der Waals surface area contributed by atoms with Crippen molar-refractivity contribution in [2.24, 2.45) is 5.92 Å². The average molecular weight is 214 g/mol. The van der Waals surface area contributed by atoms with Crippen LogP contribution in [0.3, 0.4) is 0 Å². The van der Waals surface area contributed by atoms with E-state index >= 15 is 0 Å². The van der Waals surface area contributed by atoms with Gasteiger partial charge in [-0.15, -0.1) is 5.92 Å². The molecule has 0 aliphatic rings. The summed E-state index contributed by atoms with van der Waals surface area (Å²) in [7, 11) is 0. The Labute approximate surface area is 100 Å². The third-order valence-electron chi connectivity index (χ3n) is 3.17. The van der Waals surface area contributed by atoms with Gasteiger partial charge in [0.1, 0.15) is 0 Å². The summed E-state index contributed by atoms with van der Waals surface area (Å²) >= 11 is 0. The highest BCUT2D eigenvalue weighted by Gasteiger charge is 2.13. The van der Waals surface area contributed by atoms with Gasteiger partial charge in [0, 0.05) is 12.3 Å². The molecule has 86 valence electrons. The summed E-state index contributed by atoms with van der Waals surface area (Å²) in [4.78, 5) is 0. The number of hydrogen-bond acceptors (Lipinski definition) is 0. The van der Waals surface area contributed by atoms with Crippen LogP contribution in [0, 0.1) is 31.6 Å². The van der Waals surface area contributed by atoms with Crippen LogP contribution in [0.15, 0.2) is 18.2 Å². The van der Waals surface area contributed by atoms with E-state index in [4.69, 9.17) is 0 Å². The van der Waals surface area contributed by atoms with Crippen molar-refractivity contribution in [1.29, 1.82) is 0 Å². The maximum absolute atomic E-state index is 3.32. The number of benzene rings is 1. The topological polar surface area (TPSA) is 0 Å². The molecule has 1 aromatic rings. The molecule has 0 amide bonds. The minimum absolute atomic E-state index is 0.432. The third-order valence-corrected chi connectivity index (χ3v) is 3.17. The highest BCUT2D eigenvalue weighted by atomic mass is 14.2. The van der Waals surface area contributed by atoms with Crippen molar-refractivity contribution in [3.05, 3.63) is 34.9 Å². The standard InChI is InChI=1S/C16H22/c1-6-7-8-13(3)15(5)16-10-9-12(2)11-14(16)4/h9-11,13,15H,6H2,1-5H3. The van der Waals surface area contributed by atoms with Crippen LogP contribution < -0.4 is 0 Å². The fraction of sp³-hybridized carbons (Fsp3) is 0.500. The third kappa shape index (κ3) is 3.14. The smallest absolute Gasteiger partial charge is 0.0240 e. The van der Waals surface area contributed by atoms with Gasteiger partial charge in [-0.05, 0) is 30.9 Å². The summed E-state index contributed by atoms with van der Waals surface area (Å²) in [6.07, 6.45) is 0.948. The second-order valence-electron chi connectivity index (χ2n) is 4.61.